The second-order valence-electron chi connectivity index (χ2n) is 5.91. The Kier molecular flexibility index (Phi) is 2.78. The van der Waals surface area contributed by atoms with E-state index >= 15 is 0 Å². The van der Waals surface area contributed by atoms with Gasteiger partial charge in [-0.25, -0.2) is 13.2 Å². The molecule has 1 aliphatic heterocycles. The molecule has 0 radical (unpaired) electrons. The van der Waals surface area contributed by atoms with Gasteiger partial charge in [0.15, 0.2) is 17.5 Å². The first-order valence-corrected chi connectivity index (χ1v) is 6.44. The summed E-state index contributed by atoms with van der Waals surface area (Å²) >= 11 is 0. The van der Waals surface area contributed by atoms with E-state index in [1.165, 1.54) is 6.07 Å². The fourth-order valence-corrected chi connectivity index (χ4v) is 3.42. The van der Waals surface area contributed by atoms with Crippen molar-refractivity contribution >= 4 is 5.69 Å². The standard InChI is InChI=1S/C14H16F3NO/c1-14(2)12(7-5-6-19-13(7)14)18-9-4-3-8(15)10(16)11(9)17/h3-4,7,12-13,18H,5-6H2,1-2H3. The van der Waals surface area contributed by atoms with E-state index in [2.05, 4.69) is 5.32 Å². The molecule has 2 aliphatic rings. The third kappa shape index (κ3) is 1.75. The summed E-state index contributed by atoms with van der Waals surface area (Å²) in [5.41, 5.74) is -0.124. The molecular weight excluding hydrogens is 255 g/mol. The predicted octanol–water partition coefficient (Wildman–Crippen LogP) is 3.33. The Bertz CT molecular complexity index is 518. The van der Waals surface area contributed by atoms with Gasteiger partial charge in [-0.1, -0.05) is 13.8 Å². The van der Waals surface area contributed by atoms with Crippen LogP contribution in [0.1, 0.15) is 20.3 Å². The lowest BCUT2D eigenvalue weighted by Crippen LogP contribution is -2.63. The van der Waals surface area contributed by atoms with Crippen LogP contribution >= 0.6 is 0 Å². The molecule has 1 saturated heterocycles. The first-order valence-electron chi connectivity index (χ1n) is 6.44. The average Bonchev–Trinajstić information content (AvgIpc) is 2.82. The second kappa shape index (κ2) is 4.13. The van der Waals surface area contributed by atoms with Crippen molar-refractivity contribution in [1.29, 1.82) is 0 Å². The van der Waals surface area contributed by atoms with Crippen LogP contribution in [0.4, 0.5) is 18.9 Å². The second-order valence-corrected chi connectivity index (χ2v) is 5.91. The normalized spacial score (nSPS) is 31.7. The number of fused-ring (bicyclic) bond motifs is 1. The summed E-state index contributed by atoms with van der Waals surface area (Å²) in [6.07, 6.45) is 1.08. The Labute approximate surface area is 109 Å². The van der Waals surface area contributed by atoms with E-state index in [4.69, 9.17) is 4.74 Å². The molecule has 3 atom stereocenters. The van der Waals surface area contributed by atoms with E-state index < -0.39 is 17.5 Å². The van der Waals surface area contributed by atoms with Gasteiger partial charge in [0.1, 0.15) is 0 Å². The summed E-state index contributed by atoms with van der Waals surface area (Å²) < 4.78 is 45.4. The molecule has 1 aromatic rings. The number of ether oxygens (including phenoxy) is 1. The molecule has 1 heterocycles. The first kappa shape index (κ1) is 12.8. The zero-order chi connectivity index (χ0) is 13.8. The van der Waals surface area contributed by atoms with Crippen LogP contribution in [0.5, 0.6) is 0 Å². The maximum atomic E-state index is 13.7. The molecule has 5 heteroatoms. The molecule has 2 fully saturated rings. The van der Waals surface area contributed by atoms with Gasteiger partial charge in [-0.05, 0) is 18.6 Å². The maximum absolute atomic E-state index is 13.7. The van der Waals surface area contributed by atoms with Crippen molar-refractivity contribution in [3.63, 3.8) is 0 Å². The minimum atomic E-state index is -1.43. The highest BCUT2D eigenvalue weighted by molar-refractivity contribution is 5.48. The van der Waals surface area contributed by atoms with Crippen molar-refractivity contribution in [2.24, 2.45) is 11.3 Å². The number of halogens is 3. The van der Waals surface area contributed by atoms with Gasteiger partial charge in [-0.15, -0.1) is 0 Å². The van der Waals surface area contributed by atoms with Crippen molar-refractivity contribution in [1.82, 2.24) is 0 Å². The van der Waals surface area contributed by atoms with E-state index in [0.717, 1.165) is 12.5 Å². The molecule has 1 N–H and O–H groups in total. The lowest BCUT2D eigenvalue weighted by Gasteiger charge is -2.55. The van der Waals surface area contributed by atoms with E-state index in [1.807, 2.05) is 13.8 Å². The summed E-state index contributed by atoms with van der Waals surface area (Å²) in [6, 6.07) is 2.20. The average molecular weight is 271 g/mol. The van der Waals surface area contributed by atoms with Crippen molar-refractivity contribution in [3.05, 3.63) is 29.6 Å². The van der Waals surface area contributed by atoms with E-state index in [1.54, 1.807) is 0 Å². The highest BCUT2D eigenvalue weighted by Gasteiger charge is 2.59. The monoisotopic (exact) mass is 271 g/mol. The largest absolute Gasteiger partial charge is 0.379 e. The summed E-state index contributed by atoms with van der Waals surface area (Å²) in [4.78, 5) is 0. The van der Waals surface area contributed by atoms with Crippen molar-refractivity contribution in [3.8, 4) is 0 Å². The van der Waals surface area contributed by atoms with Crippen LogP contribution in [-0.4, -0.2) is 18.8 Å². The van der Waals surface area contributed by atoms with Crippen LogP contribution in [0, 0.1) is 28.8 Å². The quantitative estimate of drug-likeness (QED) is 0.833. The SMILES string of the molecule is CC1(C)C(Nc2ccc(F)c(F)c2F)C2CCOC21. The number of benzene rings is 1. The zero-order valence-corrected chi connectivity index (χ0v) is 10.8. The number of anilines is 1. The van der Waals surface area contributed by atoms with Crippen LogP contribution < -0.4 is 5.32 Å². The Morgan fingerprint density at radius 2 is 1.95 bits per heavy atom. The molecule has 0 spiro atoms. The Hall–Kier alpha value is -1.23. The zero-order valence-electron chi connectivity index (χ0n) is 10.8. The van der Waals surface area contributed by atoms with E-state index in [-0.39, 0.29) is 23.2 Å². The fourth-order valence-electron chi connectivity index (χ4n) is 3.42. The summed E-state index contributed by atoms with van der Waals surface area (Å²) in [5, 5.41) is 3.01. The van der Waals surface area contributed by atoms with E-state index in [0.29, 0.717) is 12.5 Å². The molecule has 1 saturated carbocycles. The van der Waals surface area contributed by atoms with Crippen LogP contribution in [0.2, 0.25) is 0 Å². The third-order valence-corrected chi connectivity index (χ3v) is 4.45. The molecule has 104 valence electrons. The topological polar surface area (TPSA) is 21.3 Å². The molecule has 0 aromatic heterocycles. The number of nitrogens with one attached hydrogen (secondary N) is 1. The molecular formula is C14H16F3NO. The van der Waals surface area contributed by atoms with Gasteiger partial charge in [-0.3, -0.25) is 0 Å². The van der Waals surface area contributed by atoms with Crippen molar-refractivity contribution < 1.29 is 17.9 Å². The smallest absolute Gasteiger partial charge is 0.196 e. The van der Waals surface area contributed by atoms with Gasteiger partial charge in [0.05, 0.1) is 11.8 Å². The maximum Gasteiger partial charge on any atom is 0.196 e. The first-order chi connectivity index (χ1) is 8.93. The van der Waals surface area contributed by atoms with Crippen molar-refractivity contribution in [2.45, 2.75) is 32.4 Å². The van der Waals surface area contributed by atoms with Gasteiger partial charge in [-0.2, -0.15) is 0 Å². The Morgan fingerprint density at radius 1 is 1.21 bits per heavy atom. The summed E-state index contributed by atoms with van der Waals surface area (Å²) in [6.45, 7) is 4.78. The van der Waals surface area contributed by atoms with Gasteiger partial charge in [0.2, 0.25) is 0 Å². The van der Waals surface area contributed by atoms with E-state index in [9.17, 15) is 13.2 Å². The van der Waals surface area contributed by atoms with Gasteiger partial charge >= 0.3 is 0 Å². The lowest BCUT2D eigenvalue weighted by molar-refractivity contribution is -0.0923. The summed E-state index contributed by atoms with van der Waals surface area (Å²) in [7, 11) is 0. The van der Waals surface area contributed by atoms with Crippen molar-refractivity contribution in [2.75, 3.05) is 11.9 Å². The third-order valence-electron chi connectivity index (χ3n) is 4.45. The highest BCUT2D eigenvalue weighted by Crippen LogP contribution is 2.53. The summed E-state index contributed by atoms with van der Waals surface area (Å²) in [5.74, 6) is -3.44. The minimum absolute atomic E-state index is 0.0133. The lowest BCUT2D eigenvalue weighted by atomic mass is 9.57. The Morgan fingerprint density at radius 3 is 2.68 bits per heavy atom. The predicted molar refractivity (Wildman–Crippen MR) is 65.4 cm³/mol. The molecule has 2 nitrogen and oxygen atoms in total. The van der Waals surface area contributed by atoms with Crippen LogP contribution in [0.3, 0.4) is 0 Å². The minimum Gasteiger partial charge on any atom is -0.379 e. The van der Waals surface area contributed by atoms with Gasteiger partial charge in [0, 0.05) is 24.0 Å². The number of hydrogen-bond acceptors (Lipinski definition) is 2. The number of rotatable bonds is 2. The van der Waals surface area contributed by atoms with Crippen LogP contribution in [-0.2, 0) is 4.74 Å². The molecule has 0 amide bonds. The molecule has 3 rings (SSSR count). The molecule has 3 unspecified atom stereocenters. The van der Waals surface area contributed by atoms with Gasteiger partial charge < -0.3 is 10.1 Å². The molecule has 1 aromatic carbocycles. The highest BCUT2D eigenvalue weighted by atomic mass is 19.2. The molecule has 1 aliphatic carbocycles. The molecule has 0 bridgehead atoms. The van der Waals surface area contributed by atoms with Gasteiger partial charge in [0.25, 0.3) is 0 Å². The van der Waals surface area contributed by atoms with Crippen LogP contribution in [0.25, 0.3) is 0 Å². The van der Waals surface area contributed by atoms with Crippen LogP contribution in [0.15, 0.2) is 12.1 Å². The molecule has 19 heavy (non-hydrogen) atoms. The fraction of sp³-hybridized carbons (Fsp3) is 0.571. The Balaban J connectivity index is 1.84. The number of hydrogen-bond donors (Lipinski definition) is 1.